The second-order valence-corrected chi connectivity index (χ2v) is 7.80. The van der Waals surface area contributed by atoms with E-state index in [0.717, 1.165) is 25.9 Å². The minimum Gasteiger partial charge on any atom is -0.334 e. The van der Waals surface area contributed by atoms with Gasteiger partial charge in [-0.3, -0.25) is 4.79 Å². The first kappa shape index (κ1) is 19.4. The number of hydrogen-bond donors (Lipinski definition) is 2. The highest BCUT2D eigenvalue weighted by molar-refractivity contribution is 7.89. The molecular weight excluding hydrogens is 346 g/mol. The first-order chi connectivity index (χ1) is 9.99. The molecule has 1 amide bonds. The van der Waals surface area contributed by atoms with E-state index in [4.69, 9.17) is 0 Å². The van der Waals surface area contributed by atoms with Gasteiger partial charge in [-0.25, -0.2) is 13.1 Å². The smallest absolute Gasteiger partial charge is 0.264 e. The van der Waals surface area contributed by atoms with Crippen LogP contribution in [0.5, 0.6) is 0 Å². The molecule has 0 aliphatic carbocycles. The van der Waals surface area contributed by atoms with E-state index in [1.54, 1.807) is 0 Å². The van der Waals surface area contributed by atoms with Gasteiger partial charge >= 0.3 is 0 Å². The monoisotopic (exact) mass is 367 g/mol. The fourth-order valence-corrected chi connectivity index (χ4v) is 4.39. The summed E-state index contributed by atoms with van der Waals surface area (Å²) in [6.45, 7) is 4.45. The predicted octanol–water partition coefficient (Wildman–Crippen LogP) is 1.29. The van der Waals surface area contributed by atoms with Crippen molar-refractivity contribution in [3.63, 3.8) is 0 Å². The maximum absolute atomic E-state index is 12.6. The van der Waals surface area contributed by atoms with Gasteiger partial charge in [0, 0.05) is 24.5 Å². The van der Waals surface area contributed by atoms with Gasteiger partial charge in [0.05, 0.1) is 9.77 Å². The summed E-state index contributed by atoms with van der Waals surface area (Å²) in [6, 6.07) is 1.66. The third-order valence-corrected chi connectivity index (χ3v) is 6.03. The summed E-state index contributed by atoms with van der Waals surface area (Å²) in [6.07, 6.45) is 1.83. The molecule has 6 nitrogen and oxygen atoms in total. The number of halogens is 1. The molecule has 0 saturated carbocycles. The fraction of sp³-hybridized carbons (Fsp3) is 0.615. The minimum absolute atomic E-state index is 0. The molecule has 22 heavy (non-hydrogen) atoms. The normalized spacial score (nSPS) is 18.0. The van der Waals surface area contributed by atoms with Crippen LogP contribution < -0.4 is 10.0 Å². The second kappa shape index (κ2) is 8.26. The Morgan fingerprint density at radius 2 is 2.27 bits per heavy atom. The summed E-state index contributed by atoms with van der Waals surface area (Å²) < 4.78 is 25.8. The third-order valence-electron chi connectivity index (χ3n) is 3.57. The molecular formula is C13H22ClN3O3S2. The lowest BCUT2D eigenvalue weighted by Crippen LogP contribution is -2.41. The van der Waals surface area contributed by atoms with Gasteiger partial charge in [-0.15, -0.1) is 23.7 Å². The molecule has 0 radical (unpaired) electrons. The zero-order chi connectivity index (χ0) is 15.5. The van der Waals surface area contributed by atoms with E-state index in [0.29, 0.717) is 11.4 Å². The Morgan fingerprint density at radius 3 is 2.82 bits per heavy atom. The average molecular weight is 368 g/mol. The Hall–Kier alpha value is -0.670. The van der Waals surface area contributed by atoms with Gasteiger partial charge < -0.3 is 10.2 Å². The molecule has 2 N–H and O–H groups in total. The molecule has 126 valence electrons. The Morgan fingerprint density at radius 1 is 1.55 bits per heavy atom. The van der Waals surface area contributed by atoms with Crippen LogP contribution in [0.3, 0.4) is 0 Å². The van der Waals surface area contributed by atoms with E-state index in [-0.39, 0.29) is 29.3 Å². The largest absolute Gasteiger partial charge is 0.334 e. The lowest BCUT2D eigenvalue weighted by molar-refractivity contribution is 0.0697. The SMILES string of the molecule is CCCN(C(=O)c1cc(S(=O)(=O)NC)cs1)C1CCNC1.Cl. The molecule has 1 aliphatic heterocycles. The molecule has 1 aliphatic rings. The summed E-state index contributed by atoms with van der Waals surface area (Å²) in [5.74, 6) is -0.0758. The van der Waals surface area contributed by atoms with E-state index in [1.165, 1.54) is 29.8 Å². The quantitative estimate of drug-likeness (QED) is 0.794. The van der Waals surface area contributed by atoms with Crippen molar-refractivity contribution in [2.75, 3.05) is 26.7 Å². The summed E-state index contributed by atoms with van der Waals surface area (Å²) in [5, 5.41) is 4.77. The van der Waals surface area contributed by atoms with Gasteiger partial charge in [0.1, 0.15) is 0 Å². The molecule has 0 aromatic carbocycles. The number of amides is 1. The van der Waals surface area contributed by atoms with E-state index < -0.39 is 10.0 Å². The summed E-state index contributed by atoms with van der Waals surface area (Å²) >= 11 is 1.18. The number of carbonyl (C=O) groups excluding carboxylic acids is 1. The Kier molecular flexibility index (Phi) is 7.27. The highest BCUT2D eigenvalue weighted by Gasteiger charge is 2.28. The van der Waals surface area contributed by atoms with Crippen LogP contribution >= 0.6 is 23.7 Å². The number of rotatable bonds is 6. The van der Waals surface area contributed by atoms with Crippen molar-refractivity contribution < 1.29 is 13.2 Å². The zero-order valence-electron chi connectivity index (χ0n) is 12.7. The van der Waals surface area contributed by atoms with Crippen LogP contribution in [-0.4, -0.2) is 51.9 Å². The van der Waals surface area contributed by atoms with Gasteiger partial charge in [-0.05, 0) is 32.5 Å². The summed E-state index contributed by atoms with van der Waals surface area (Å²) in [5.41, 5.74) is 0. The van der Waals surface area contributed by atoms with Gasteiger partial charge in [0.2, 0.25) is 10.0 Å². The van der Waals surface area contributed by atoms with E-state index in [2.05, 4.69) is 10.0 Å². The van der Waals surface area contributed by atoms with Crippen molar-refractivity contribution in [1.29, 1.82) is 0 Å². The van der Waals surface area contributed by atoms with Crippen LogP contribution in [-0.2, 0) is 10.0 Å². The molecule has 1 fully saturated rings. The van der Waals surface area contributed by atoms with Gasteiger partial charge in [-0.2, -0.15) is 0 Å². The molecule has 1 unspecified atom stereocenters. The summed E-state index contributed by atoms with van der Waals surface area (Å²) in [4.78, 5) is 15.1. The Bertz CT molecular complexity index is 597. The Labute approximate surface area is 141 Å². The first-order valence-electron chi connectivity index (χ1n) is 7.03. The highest BCUT2D eigenvalue weighted by Crippen LogP contribution is 2.22. The van der Waals surface area contributed by atoms with E-state index in [9.17, 15) is 13.2 Å². The minimum atomic E-state index is -3.49. The Balaban J connectivity index is 0.00000242. The number of nitrogens with zero attached hydrogens (tertiary/aromatic N) is 1. The zero-order valence-corrected chi connectivity index (χ0v) is 15.1. The predicted molar refractivity (Wildman–Crippen MR) is 90.4 cm³/mol. The molecule has 0 bridgehead atoms. The summed E-state index contributed by atoms with van der Waals surface area (Å²) in [7, 11) is -2.13. The van der Waals surface area contributed by atoms with E-state index in [1.807, 2.05) is 11.8 Å². The lowest BCUT2D eigenvalue weighted by Gasteiger charge is -2.27. The van der Waals surface area contributed by atoms with Gasteiger partial charge in [-0.1, -0.05) is 6.92 Å². The average Bonchev–Trinajstić information content (AvgIpc) is 3.14. The van der Waals surface area contributed by atoms with E-state index >= 15 is 0 Å². The van der Waals surface area contributed by atoms with Crippen LogP contribution in [0.2, 0.25) is 0 Å². The lowest BCUT2D eigenvalue weighted by atomic mass is 10.2. The standard InChI is InChI=1S/C13H21N3O3S2.ClH/c1-3-6-16(10-4-5-15-8-10)13(17)12-7-11(9-20-12)21(18,19)14-2;/h7,9-10,14-15H,3-6,8H2,1-2H3;1H. The van der Waals surface area contributed by atoms with Crippen molar-refractivity contribution in [1.82, 2.24) is 14.9 Å². The molecule has 1 aromatic heterocycles. The van der Waals surface area contributed by atoms with Crippen LogP contribution in [0, 0.1) is 0 Å². The molecule has 1 atom stereocenters. The second-order valence-electron chi connectivity index (χ2n) is 5.00. The number of thiophene rings is 1. The number of carbonyl (C=O) groups is 1. The molecule has 2 rings (SSSR count). The molecule has 0 spiro atoms. The maximum atomic E-state index is 12.6. The topological polar surface area (TPSA) is 78.5 Å². The third kappa shape index (κ3) is 4.20. The van der Waals surface area contributed by atoms with Crippen molar-refractivity contribution in [2.24, 2.45) is 0 Å². The number of nitrogens with one attached hydrogen (secondary N) is 2. The maximum Gasteiger partial charge on any atom is 0.264 e. The van der Waals surface area contributed by atoms with Gasteiger partial charge in [0.15, 0.2) is 0 Å². The fourth-order valence-electron chi connectivity index (χ4n) is 2.43. The first-order valence-corrected chi connectivity index (χ1v) is 9.39. The molecule has 2 heterocycles. The van der Waals surface area contributed by atoms with Gasteiger partial charge in [0.25, 0.3) is 5.91 Å². The van der Waals surface area contributed by atoms with Crippen LogP contribution in [0.4, 0.5) is 0 Å². The van der Waals surface area contributed by atoms with Crippen LogP contribution in [0.25, 0.3) is 0 Å². The molecule has 1 saturated heterocycles. The van der Waals surface area contributed by atoms with Crippen LogP contribution in [0.15, 0.2) is 16.3 Å². The molecule has 1 aromatic rings. The number of sulfonamides is 1. The molecule has 9 heteroatoms. The van der Waals surface area contributed by atoms with Crippen molar-refractivity contribution in [3.8, 4) is 0 Å². The van der Waals surface area contributed by atoms with Crippen molar-refractivity contribution >= 4 is 39.7 Å². The number of hydrogen-bond acceptors (Lipinski definition) is 5. The van der Waals surface area contributed by atoms with Crippen molar-refractivity contribution in [2.45, 2.75) is 30.7 Å². The van der Waals surface area contributed by atoms with Crippen LogP contribution in [0.1, 0.15) is 29.4 Å². The highest BCUT2D eigenvalue weighted by atomic mass is 35.5. The van der Waals surface area contributed by atoms with Crippen molar-refractivity contribution in [3.05, 3.63) is 16.3 Å².